The first-order valence-corrected chi connectivity index (χ1v) is 10.8. The van der Waals surface area contributed by atoms with Gasteiger partial charge in [0.25, 0.3) is 5.91 Å². The fraction of sp³-hybridized carbons (Fsp3) is 0.200. The monoisotopic (exact) mass is 449 g/mol. The van der Waals surface area contributed by atoms with E-state index < -0.39 is 11.5 Å². The van der Waals surface area contributed by atoms with E-state index >= 15 is 0 Å². The molecule has 2 aliphatic heterocycles. The Balaban J connectivity index is 1.57. The summed E-state index contributed by atoms with van der Waals surface area (Å²) in [5, 5.41) is 3.51. The van der Waals surface area contributed by atoms with Crippen molar-refractivity contribution in [3.05, 3.63) is 106 Å². The molecular formula is C25H21ClFN3O2. The topological polar surface area (TPSA) is 52.7 Å². The van der Waals surface area contributed by atoms with Gasteiger partial charge in [0.05, 0.1) is 0 Å². The van der Waals surface area contributed by atoms with Crippen molar-refractivity contribution < 1.29 is 14.0 Å². The molecule has 0 aliphatic carbocycles. The SMILES string of the molecule is O=C(NCc1ccccc1)N1CCN2C(=O)c3cccc(F)c3CC12c1ccc(Cl)cc1. The third-order valence-corrected chi connectivity index (χ3v) is 6.55. The minimum absolute atomic E-state index is 0.168. The van der Waals surface area contributed by atoms with Crippen molar-refractivity contribution in [3.8, 4) is 0 Å². The molecule has 5 nitrogen and oxygen atoms in total. The molecule has 0 bridgehead atoms. The van der Waals surface area contributed by atoms with Crippen LogP contribution in [-0.2, 0) is 18.6 Å². The summed E-state index contributed by atoms with van der Waals surface area (Å²) in [7, 11) is 0. The molecular weight excluding hydrogens is 429 g/mol. The lowest BCUT2D eigenvalue weighted by molar-refractivity contribution is 0.0195. The zero-order chi connectivity index (χ0) is 22.3. The number of hydrogen-bond acceptors (Lipinski definition) is 2. The maximum absolute atomic E-state index is 14.8. The number of hydrogen-bond donors (Lipinski definition) is 1. The number of benzene rings is 3. The van der Waals surface area contributed by atoms with Gasteiger partial charge >= 0.3 is 6.03 Å². The van der Waals surface area contributed by atoms with Crippen molar-refractivity contribution in [1.29, 1.82) is 0 Å². The van der Waals surface area contributed by atoms with Crippen LogP contribution in [0.15, 0.2) is 72.8 Å². The zero-order valence-electron chi connectivity index (χ0n) is 17.2. The minimum atomic E-state index is -1.13. The second kappa shape index (κ2) is 7.95. The zero-order valence-corrected chi connectivity index (χ0v) is 18.0. The molecule has 0 aromatic heterocycles. The van der Waals surface area contributed by atoms with Crippen LogP contribution in [0.3, 0.4) is 0 Å². The average molecular weight is 450 g/mol. The van der Waals surface area contributed by atoms with E-state index in [1.807, 2.05) is 30.3 Å². The molecule has 0 radical (unpaired) electrons. The molecule has 3 aromatic carbocycles. The summed E-state index contributed by atoms with van der Waals surface area (Å²) >= 11 is 6.11. The van der Waals surface area contributed by atoms with E-state index in [1.165, 1.54) is 6.07 Å². The van der Waals surface area contributed by atoms with E-state index in [4.69, 9.17) is 11.6 Å². The van der Waals surface area contributed by atoms with Crippen molar-refractivity contribution >= 4 is 23.5 Å². The number of carbonyl (C=O) groups excluding carboxylic acids is 2. The van der Waals surface area contributed by atoms with Crippen LogP contribution in [-0.4, -0.2) is 34.8 Å². The first-order chi connectivity index (χ1) is 15.5. The standard InChI is InChI=1S/C25H21ClFN3O2/c26-19-11-9-18(10-12-19)25-15-21-20(7-4-8-22(21)27)23(31)29(25)13-14-30(25)24(32)28-16-17-5-2-1-3-6-17/h1-12H,13-16H2,(H,28,32). The molecule has 1 fully saturated rings. The molecule has 1 atom stereocenters. The van der Waals surface area contributed by atoms with Crippen LogP contribution >= 0.6 is 11.6 Å². The number of fused-ring (bicyclic) bond motifs is 2. The fourth-order valence-electron chi connectivity index (χ4n) is 4.78. The van der Waals surface area contributed by atoms with Gasteiger partial charge < -0.3 is 10.2 Å². The molecule has 1 saturated heterocycles. The molecule has 1 N–H and O–H groups in total. The number of amides is 3. The first-order valence-electron chi connectivity index (χ1n) is 10.5. The highest BCUT2D eigenvalue weighted by molar-refractivity contribution is 6.30. The Bertz CT molecular complexity index is 1190. The fourth-order valence-corrected chi connectivity index (χ4v) is 4.90. The Morgan fingerprint density at radius 2 is 1.75 bits per heavy atom. The molecule has 2 heterocycles. The molecule has 3 aromatic rings. The lowest BCUT2D eigenvalue weighted by Gasteiger charge is -2.47. The van der Waals surface area contributed by atoms with Gasteiger partial charge in [-0.1, -0.05) is 60.1 Å². The predicted molar refractivity (Wildman–Crippen MR) is 120 cm³/mol. The highest BCUT2D eigenvalue weighted by Gasteiger charge is 2.56. The summed E-state index contributed by atoms with van der Waals surface area (Å²) in [5.74, 6) is -0.723. The molecule has 5 rings (SSSR count). The van der Waals surface area contributed by atoms with Crippen molar-refractivity contribution in [2.24, 2.45) is 0 Å². The largest absolute Gasteiger partial charge is 0.334 e. The van der Waals surface area contributed by atoms with Gasteiger partial charge in [0, 0.05) is 42.2 Å². The van der Waals surface area contributed by atoms with E-state index in [0.29, 0.717) is 35.8 Å². The normalized spacial score (nSPS) is 19.5. The maximum atomic E-state index is 14.8. The molecule has 3 amide bonds. The highest BCUT2D eigenvalue weighted by Crippen LogP contribution is 2.45. The quantitative estimate of drug-likeness (QED) is 0.637. The van der Waals surface area contributed by atoms with Gasteiger partial charge in [-0.05, 0) is 35.4 Å². The Kier molecular flexibility index (Phi) is 5.10. The van der Waals surface area contributed by atoms with Gasteiger partial charge in [-0.2, -0.15) is 0 Å². The molecule has 1 unspecified atom stereocenters. The van der Waals surface area contributed by atoms with E-state index in [9.17, 15) is 14.0 Å². The summed E-state index contributed by atoms with van der Waals surface area (Å²) in [4.78, 5) is 30.1. The summed E-state index contributed by atoms with van der Waals surface area (Å²) in [6.45, 7) is 1.05. The van der Waals surface area contributed by atoms with Gasteiger partial charge in [0.1, 0.15) is 11.5 Å². The van der Waals surface area contributed by atoms with Crippen LogP contribution in [0.25, 0.3) is 0 Å². The minimum Gasteiger partial charge on any atom is -0.334 e. The molecule has 7 heteroatoms. The van der Waals surface area contributed by atoms with Crippen LogP contribution in [0.5, 0.6) is 0 Å². The van der Waals surface area contributed by atoms with Gasteiger partial charge in [0.15, 0.2) is 0 Å². The third kappa shape index (κ3) is 3.22. The number of carbonyl (C=O) groups is 2. The van der Waals surface area contributed by atoms with Crippen molar-refractivity contribution in [2.75, 3.05) is 13.1 Å². The molecule has 0 spiro atoms. The van der Waals surface area contributed by atoms with Crippen LogP contribution < -0.4 is 5.32 Å². The number of urea groups is 1. The predicted octanol–water partition coefficient (Wildman–Crippen LogP) is 4.56. The summed E-state index contributed by atoms with van der Waals surface area (Å²) < 4.78 is 14.8. The lowest BCUT2D eigenvalue weighted by Crippen LogP contribution is -2.60. The third-order valence-electron chi connectivity index (χ3n) is 6.30. The van der Waals surface area contributed by atoms with Crippen molar-refractivity contribution in [1.82, 2.24) is 15.1 Å². The van der Waals surface area contributed by atoms with Crippen LogP contribution in [0, 0.1) is 5.82 Å². The van der Waals surface area contributed by atoms with Gasteiger partial charge in [-0.25, -0.2) is 9.18 Å². The Hall–Kier alpha value is -3.38. The first kappa shape index (κ1) is 20.5. The van der Waals surface area contributed by atoms with E-state index in [1.54, 1.807) is 46.2 Å². The average Bonchev–Trinajstić information content (AvgIpc) is 3.20. The number of nitrogens with one attached hydrogen (secondary N) is 1. The van der Waals surface area contributed by atoms with E-state index in [0.717, 1.165) is 11.1 Å². The smallest absolute Gasteiger partial charge is 0.319 e. The van der Waals surface area contributed by atoms with E-state index in [2.05, 4.69) is 5.32 Å². The summed E-state index contributed by atoms with van der Waals surface area (Å²) in [6, 6.07) is 20.9. The number of halogens is 2. The Morgan fingerprint density at radius 1 is 1.00 bits per heavy atom. The van der Waals surface area contributed by atoms with Crippen molar-refractivity contribution in [3.63, 3.8) is 0 Å². The molecule has 0 saturated carbocycles. The Morgan fingerprint density at radius 3 is 2.50 bits per heavy atom. The molecule has 2 aliphatic rings. The van der Waals surface area contributed by atoms with Gasteiger partial charge in [-0.3, -0.25) is 9.69 Å². The second-order valence-corrected chi connectivity index (χ2v) is 8.46. The number of rotatable bonds is 3. The molecule has 162 valence electrons. The van der Waals surface area contributed by atoms with E-state index in [-0.39, 0.29) is 18.4 Å². The highest BCUT2D eigenvalue weighted by atomic mass is 35.5. The van der Waals surface area contributed by atoms with Gasteiger partial charge in [-0.15, -0.1) is 0 Å². The van der Waals surface area contributed by atoms with Crippen LogP contribution in [0.2, 0.25) is 5.02 Å². The molecule has 32 heavy (non-hydrogen) atoms. The maximum Gasteiger partial charge on any atom is 0.319 e. The van der Waals surface area contributed by atoms with Gasteiger partial charge in [0.2, 0.25) is 0 Å². The summed E-state index contributed by atoms with van der Waals surface area (Å²) in [5.41, 5.74) is 1.23. The van der Waals surface area contributed by atoms with Crippen molar-refractivity contribution in [2.45, 2.75) is 18.6 Å². The van der Waals surface area contributed by atoms with Crippen LogP contribution in [0.1, 0.15) is 27.0 Å². The summed E-state index contributed by atoms with van der Waals surface area (Å²) in [6.07, 6.45) is 0.168. The number of nitrogens with zero attached hydrogens (tertiary/aromatic N) is 2. The lowest BCUT2D eigenvalue weighted by atomic mass is 9.83. The Labute approximate surface area is 190 Å². The second-order valence-electron chi connectivity index (χ2n) is 8.02. The van der Waals surface area contributed by atoms with Crippen LogP contribution in [0.4, 0.5) is 9.18 Å².